The first-order chi connectivity index (χ1) is 13.1. The molecule has 0 aliphatic rings. The van der Waals surface area contributed by atoms with Crippen molar-refractivity contribution in [1.29, 1.82) is 0 Å². The number of halogens is 1. The maximum absolute atomic E-state index is 6.00. The molecular formula is C17H21ClN8O. The first-order valence-corrected chi connectivity index (χ1v) is 8.78. The molecule has 0 bridgehead atoms. The van der Waals surface area contributed by atoms with Crippen molar-refractivity contribution in [2.45, 2.75) is 13.0 Å². The van der Waals surface area contributed by atoms with Crippen molar-refractivity contribution >= 4 is 17.6 Å². The predicted octanol–water partition coefficient (Wildman–Crippen LogP) is 1.77. The van der Waals surface area contributed by atoms with E-state index >= 15 is 0 Å². The Balaban J connectivity index is 1.53. The Morgan fingerprint density at radius 1 is 1.41 bits per heavy atom. The molecule has 1 N–H and O–H groups in total. The topological polar surface area (TPSA) is 97.3 Å². The zero-order chi connectivity index (χ0) is 19.2. The Hall–Kier alpha value is -2.94. The Bertz CT molecular complexity index is 919. The summed E-state index contributed by atoms with van der Waals surface area (Å²) >= 11 is 6.00. The molecule has 0 fully saturated rings. The molecule has 9 nitrogen and oxygen atoms in total. The first kappa shape index (κ1) is 18.8. The van der Waals surface area contributed by atoms with Gasteiger partial charge in [-0.15, -0.1) is 0 Å². The molecule has 0 radical (unpaired) electrons. The lowest BCUT2D eigenvalue weighted by Gasteiger charge is -2.21. The maximum Gasteiger partial charge on any atom is 0.228 e. The molecule has 0 atom stereocenters. The van der Waals surface area contributed by atoms with E-state index in [2.05, 4.69) is 30.5 Å². The van der Waals surface area contributed by atoms with Crippen molar-refractivity contribution in [3.05, 3.63) is 47.3 Å². The van der Waals surface area contributed by atoms with Crippen LogP contribution in [0.4, 0.5) is 0 Å². The Morgan fingerprint density at radius 2 is 2.26 bits per heavy atom. The standard InChI is InChI=1S/C17H21ClN8O/c1-19-17(25(2)10-14-21-11-22-26(14)3)20-8-7-15-23-16(24-27-15)12-5-4-6-13(18)9-12/h4-6,9,11H,7-8,10H2,1-3H3,(H,19,20). The van der Waals surface area contributed by atoms with Gasteiger partial charge >= 0.3 is 0 Å². The van der Waals surface area contributed by atoms with Crippen molar-refractivity contribution in [3.8, 4) is 11.4 Å². The minimum atomic E-state index is 0.524. The van der Waals surface area contributed by atoms with Crippen LogP contribution in [0.2, 0.25) is 5.02 Å². The van der Waals surface area contributed by atoms with Crippen molar-refractivity contribution in [2.75, 3.05) is 20.6 Å². The van der Waals surface area contributed by atoms with Gasteiger partial charge in [-0.2, -0.15) is 10.1 Å². The lowest BCUT2D eigenvalue weighted by molar-refractivity contribution is 0.377. The number of benzene rings is 1. The number of rotatable bonds is 6. The molecule has 0 spiro atoms. The van der Waals surface area contributed by atoms with Gasteiger partial charge in [-0.1, -0.05) is 28.9 Å². The van der Waals surface area contributed by atoms with Crippen LogP contribution in [0.5, 0.6) is 0 Å². The fourth-order valence-corrected chi connectivity index (χ4v) is 2.71. The third kappa shape index (κ3) is 4.82. The Morgan fingerprint density at radius 3 is 2.96 bits per heavy atom. The van der Waals surface area contributed by atoms with Gasteiger partial charge in [0.05, 0.1) is 6.54 Å². The first-order valence-electron chi connectivity index (χ1n) is 8.40. The van der Waals surface area contributed by atoms with Gasteiger partial charge < -0.3 is 14.7 Å². The fraction of sp³-hybridized carbons (Fsp3) is 0.353. The molecule has 0 aliphatic carbocycles. The number of hydrogen-bond acceptors (Lipinski definition) is 6. The quantitative estimate of drug-likeness (QED) is 0.507. The molecule has 2 heterocycles. The second-order valence-corrected chi connectivity index (χ2v) is 6.34. The van der Waals surface area contributed by atoms with Gasteiger partial charge in [-0.3, -0.25) is 9.67 Å². The van der Waals surface area contributed by atoms with Crippen LogP contribution in [0.25, 0.3) is 11.4 Å². The summed E-state index contributed by atoms with van der Waals surface area (Å²) in [4.78, 5) is 14.9. The molecule has 142 valence electrons. The largest absolute Gasteiger partial charge is 0.356 e. The van der Waals surface area contributed by atoms with Gasteiger partial charge in [0.15, 0.2) is 5.96 Å². The van der Waals surface area contributed by atoms with Crippen LogP contribution in [-0.2, 0) is 20.0 Å². The maximum atomic E-state index is 6.00. The summed E-state index contributed by atoms with van der Waals surface area (Å²) in [6.07, 6.45) is 2.11. The van der Waals surface area contributed by atoms with Gasteiger partial charge in [-0.05, 0) is 12.1 Å². The SMILES string of the molecule is CN=C(NCCc1nc(-c2cccc(Cl)c2)no1)N(C)Cc1ncnn1C. The summed E-state index contributed by atoms with van der Waals surface area (Å²) in [6, 6.07) is 7.35. The number of hydrogen-bond donors (Lipinski definition) is 1. The van der Waals surface area contributed by atoms with Crippen molar-refractivity contribution in [2.24, 2.45) is 12.0 Å². The van der Waals surface area contributed by atoms with E-state index < -0.39 is 0 Å². The number of nitrogens with one attached hydrogen (secondary N) is 1. The third-order valence-electron chi connectivity index (χ3n) is 3.93. The van der Waals surface area contributed by atoms with E-state index in [0.29, 0.717) is 36.2 Å². The monoisotopic (exact) mass is 388 g/mol. The minimum absolute atomic E-state index is 0.524. The lowest BCUT2D eigenvalue weighted by Crippen LogP contribution is -2.39. The van der Waals surface area contributed by atoms with Crippen LogP contribution in [0.15, 0.2) is 40.1 Å². The van der Waals surface area contributed by atoms with Crippen LogP contribution < -0.4 is 5.32 Å². The third-order valence-corrected chi connectivity index (χ3v) is 4.17. The fourth-order valence-electron chi connectivity index (χ4n) is 2.52. The van der Waals surface area contributed by atoms with Crippen LogP contribution in [0.1, 0.15) is 11.7 Å². The van der Waals surface area contributed by atoms with Crippen LogP contribution in [0, 0.1) is 0 Å². The van der Waals surface area contributed by atoms with E-state index in [1.807, 2.05) is 31.1 Å². The lowest BCUT2D eigenvalue weighted by atomic mass is 10.2. The van der Waals surface area contributed by atoms with Crippen molar-refractivity contribution in [1.82, 2.24) is 35.1 Å². The highest BCUT2D eigenvalue weighted by molar-refractivity contribution is 6.30. The number of nitrogens with zero attached hydrogens (tertiary/aromatic N) is 7. The normalized spacial score (nSPS) is 11.6. The zero-order valence-corrected chi connectivity index (χ0v) is 16.2. The molecule has 3 aromatic rings. The smallest absolute Gasteiger partial charge is 0.228 e. The highest BCUT2D eigenvalue weighted by Gasteiger charge is 2.12. The highest BCUT2D eigenvalue weighted by Crippen LogP contribution is 2.19. The second kappa shape index (κ2) is 8.63. The van der Waals surface area contributed by atoms with Gasteiger partial charge in [0, 0.05) is 44.7 Å². The van der Waals surface area contributed by atoms with Gasteiger partial charge in [0.1, 0.15) is 12.2 Å². The molecular weight excluding hydrogens is 368 g/mol. The highest BCUT2D eigenvalue weighted by atomic mass is 35.5. The zero-order valence-electron chi connectivity index (χ0n) is 15.4. The van der Waals surface area contributed by atoms with E-state index in [1.54, 1.807) is 23.9 Å². The molecule has 10 heteroatoms. The Kier molecular flexibility index (Phi) is 6.02. The summed E-state index contributed by atoms with van der Waals surface area (Å²) in [5.41, 5.74) is 0.824. The predicted molar refractivity (Wildman–Crippen MR) is 102 cm³/mol. The molecule has 0 aliphatic heterocycles. The summed E-state index contributed by atoms with van der Waals surface area (Å²) in [5.74, 6) is 2.66. The van der Waals surface area contributed by atoms with Gasteiger partial charge in [0.25, 0.3) is 0 Å². The molecule has 1 aromatic carbocycles. The minimum Gasteiger partial charge on any atom is -0.356 e. The number of guanidine groups is 1. The number of aryl methyl sites for hydroxylation is 1. The van der Waals surface area contributed by atoms with Crippen molar-refractivity contribution < 1.29 is 4.52 Å². The molecule has 27 heavy (non-hydrogen) atoms. The summed E-state index contributed by atoms with van der Waals surface area (Å²) in [5, 5.41) is 12.0. The van der Waals surface area contributed by atoms with E-state index in [0.717, 1.165) is 17.3 Å². The van der Waals surface area contributed by atoms with Crippen LogP contribution in [0.3, 0.4) is 0 Å². The van der Waals surface area contributed by atoms with Crippen LogP contribution in [-0.4, -0.2) is 56.4 Å². The Labute approximate surface area is 162 Å². The molecule has 0 unspecified atom stereocenters. The second-order valence-electron chi connectivity index (χ2n) is 5.90. The molecule has 0 saturated heterocycles. The van der Waals surface area contributed by atoms with Gasteiger partial charge in [-0.25, -0.2) is 4.98 Å². The summed E-state index contributed by atoms with van der Waals surface area (Å²) < 4.78 is 7.05. The summed E-state index contributed by atoms with van der Waals surface area (Å²) in [6.45, 7) is 1.20. The van der Waals surface area contributed by atoms with E-state index in [-0.39, 0.29) is 0 Å². The molecule has 2 aromatic heterocycles. The van der Waals surface area contributed by atoms with E-state index in [4.69, 9.17) is 16.1 Å². The van der Waals surface area contributed by atoms with Crippen molar-refractivity contribution in [3.63, 3.8) is 0 Å². The molecule has 3 rings (SSSR count). The van der Waals surface area contributed by atoms with E-state index in [1.165, 1.54) is 6.33 Å². The molecule has 0 amide bonds. The van der Waals surface area contributed by atoms with Gasteiger partial charge in [0.2, 0.25) is 11.7 Å². The average Bonchev–Trinajstić information content (AvgIpc) is 3.28. The number of aromatic nitrogens is 5. The summed E-state index contributed by atoms with van der Waals surface area (Å²) in [7, 11) is 5.53. The van der Waals surface area contributed by atoms with Crippen LogP contribution >= 0.6 is 11.6 Å². The number of aliphatic imine (C=N–C) groups is 1. The van der Waals surface area contributed by atoms with E-state index in [9.17, 15) is 0 Å². The molecule has 0 saturated carbocycles. The average molecular weight is 389 g/mol.